The average molecular weight is 378 g/mol. The number of likely N-dealkylation sites (tertiary alicyclic amines) is 1. The Kier molecular flexibility index (Phi) is 5.21. The lowest BCUT2D eigenvalue weighted by Gasteiger charge is -2.33. The number of fused-ring (bicyclic) bond motifs is 1. The Morgan fingerprint density at radius 2 is 2.11 bits per heavy atom. The molecule has 5 heteroatoms. The van der Waals surface area contributed by atoms with Gasteiger partial charge in [0.2, 0.25) is 5.91 Å². The number of thiazole rings is 1. The number of benzene rings is 2. The first-order valence-corrected chi connectivity index (χ1v) is 10.0. The van der Waals surface area contributed by atoms with Gasteiger partial charge in [0.05, 0.1) is 23.4 Å². The van der Waals surface area contributed by atoms with Gasteiger partial charge in [0.25, 0.3) is 0 Å². The van der Waals surface area contributed by atoms with Gasteiger partial charge in [-0.3, -0.25) is 4.79 Å². The van der Waals surface area contributed by atoms with Gasteiger partial charge in [0.1, 0.15) is 10.8 Å². The van der Waals surface area contributed by atoms with Crippen LogP contribution in [0.1, 0.15) is 35.9 Å². The van der Waals surface area contributed by atoms with Gasteiger partial charge < -0.3 is 9.64 Å². The molecule has 1 atom stereocenters. The standard InChI is InChI=1S/C22H22N2O2S/c1-26-17-8-6-7-16(15-17)12-13-21(25)24-14-5-4-10-19(24)22-23-18-9-2-3-11-20(18)27-22/h2-3,6-9,11-13,15,19H,4-5,10,14H2,1H3. The van der Waals surface area contributed by atoms with Gasteiger partial charge in [0, 0.05) is 12.6 Å². The van der Waals surface area contributed by atoms with Crippen LogP contribution in [0, 0.1) is 0 Å². The van der Waals surface area contributed by atoms with E-state index in [0.717, 1.165) is 47.6 Å². The number of piperidine rings is 1. The molecule has 1 aliphatic heterocycles. The lowest BCUT2D eigenvalue weighted by molar-refractivity contribution is -0.129. The molecule has 138 valence electrons. The summed E-state index contributed by atoms with van der Waals surface area (Å²) in [5.74, 6) is 0.830. The Morgan fingerprint density at radius 1 is 1.22 bits per heavy atom. The maximum Gasteiger partial charge on any atom is 0.247 e. The zero-order chi connectivity index (χ0) is 18.6. The molecular formula is C22H22N2O2S. The van der Waals surface area contributed by atoms with Crippen molar-refractivity contribution in [3.05, 3.63) is 65.2 Å². The molecule has 4 rings (SSSR count). The first-order chi connectivity index (χ1) is 13.2. The summed E-state index contributed by atoms with van der Waals surface area (Å²) in [5, 5.41) is 1.04. The van der Waals surface area contributed by atoms with E-state index in [-0.39, 0.29) is 11.9 Å². The van der Waals surface area contributed by atoms with Crippen molar-refractivity contribution in [1.82, 2.24) is 9.88 Å². The number of amides is 1. The quantitative estimate of drug-likeness (QED) is 0.595. The maximum atomic E-state index is 12.9. The summed E-state index contributed by atoms with van der Waals surface area (Å²) in [4.78, 5) is 19.7. The van der Waals surface area contributed by atoms with Crippen LogP contribution in [0.15, 0.2) is 54.6 Å². The van der Waals surface area contributed by atoms with Crippen LogP contribution in [0.4, 0.5) is 0 Å². The number of rotatable bonds is 4. The summed E-state index contributed by atoms with van der Waals surface area (Å²) >= 11 is 1.70. The molecule has 4 nitrogen and oxygen atoms in total. The minimum absolute atomic E-state index is 0.0433. The predicted octanol–water partition coefficient (Wildman–Crippen LogP) is 5.07. The molecule has 1 aromatic heterocycles. The lowest BCUT2D eigenvalue weighted by atomic mass is 10.0. The summed E-state index contributed by atoms with van der Waals surface area (Å²) in [6.45, 7) is 0.780. The molecule has 1 aliphatic rings. The van der Waals surface area contributed by atoms with Crippen LogP contribution in [-0.2, 0) is 4.79 Å². The van der Waals surface area contributed by atoms with Gasteiger partial charge in [-0.05, 0) is 55.2 Å². The largest absolute Gasteiger partial charge is 0.497 e. The minimum Gasteiger partial charge on any atom is -0.497 e. The van der Waals surface area contributed by atoms with Crippen molar-refractivity contribution >= 4 is 33.5 Å². The van der Waals surface area contributed by atoms with Gasteiger partial charge in [-0.1, -0.05) is 24.3 Å². The van der Waals surface area contributed by atoms with E-state index in [1.807, 2.05) is 53.4 Å². The van der Waals surface area contributed by atoms with E-state index in [4.69, 9.17) is 9.72 Å². The highest BCUT2D eigenvalue weighted by Gasteiger charge is 2.29. The van der Waals surface area contributed by atoms with Crippen molar-refractivity contribution in [2.24, 2.45) is 0 Å². The molecule has 2 heterocycles. The molecule has 1 amide bonds. The molecule has 3 aromatic rings. The predicted molar refractivity (Wildman–Crippen MR) is 110 cm³/mol. The molecule has 1 fully saturated rings. The van der Waals surface area contributed by atoms with Crippen molar-refractivity contribution in [3.8, 4) is 5.75 Å². The number of carbonyl (C=O) groups excluding carboxylic acids is 1. The minimum atomic E-state index is 0.0433. The summed E-state index contributed by atoms with van der Waals surface area (Å²) in [7, 11) is 1.64. The number of carbonyl (C=O) groups is 1. The molecule has 0 saturated carbocycles. The fourth-order valence-electron chi connectivity index (χ4n) is 3.49. The van der Waals surface area contributed by atoms with Crippen molar-refractivity contribution in [1.29, 1.82) is 0 Å². The number of nitrogens with zero attached hydrogens (tertiary/aromatic N) is 2. The molecule has 0 radical (unpaired) electrons. The fourth-order valence-corrected chi connectivity index (χ4v) is 4.61. The van der Waals surface area contributed by atoms with Crippen molar-refractivity contribution in [2.45, 2.75) is 25.3 Å². The van der Waals surface area contributed by atoms with E-state index < -0.39 is 0 Å². The van der Waals surface area contributed by atoms with Crippen molar-refractivity contribution < 1.29 is 9.53 Å². The fraction of sp³-hybridized carbons (Fsp3) is 0.273. The number of para-hydroxylation sites is 1. The van der Waals surface area contributed by atoms with Crippen LogP contribution in [0.2, 0.25) is 0 Å². The Bertz CT molecular complexity index is 946. The number of hydrogen-bond donors (Lipinski definition) is 0. The van der Waals surface area contributed by atoms with Gasteiger partial charge in [0.15, 0.2) is 0 Å². The van der Waals surface area contributed by atoms with E-state index in [0.29, 0.717) is 0 Å². The second-order valence-corrected chi connectivity index (χ2v) is 7.74. The molecule has 1 saturated heterocycles. The Balaban J connectivity index is 1.56. The van der Waals surface area contributed by atoms with Crippen molar-refractivity contribution in [2.75, 3.05) is 13.7 Å². The molecule has 1 unspecified atom stereocenters. The van der Waals surface area contributed by atoms with Crippen LogP contribution in [0.3, 0.4) is 0 Å². The SMILES string of the molecule is COc1cccc(C=CC(=O)N2CCCCC2c2nc3ccccc3s2)c1. The summed E-state index contributed by atoms with van der Waals surface area (Å²) in [6.07, 6.45) is 6.66. The number of aromatic nitrogens is 1. The van der Waals surface area contributed by atoms with E-state index in [2.05, 4.69) is 6.07 Å². The van der Waals surface area contributed by atoms with Gasteiger partial charge in [-0.25, -0.2) is 4.98 Å². The third-order valence-electron chi connectivity index (χ3n) is 4.89. The number of methoxy groups -OCH3 is 1. The van der Waals surface area contributed by atoms with Gasteiger partial charge in [-0.2, -0.15) is 0 Å². The highest BCUT2D eigenvalue weighted by Crippen LogP contribution is 2.35. The van der Waals surface area contributed by atoms with E-state index in [9.17, 15) is 4.79 Å². The van der Waals surface area contributed by atoms with E-state index in [1.165, 1.54) is 4.70 Å². The summed E-state index contributed by atoms with van der Waals surface area (Å²) < 4.78 is 6.42. The zero-order valence-corrected chi connectivity index (χ0v) is 16.1. The Hall–Kier alpha value is -2.66. The van der Waals surface area contributed by atoms with Crippen molar-refractivity contribution in [3.63, 3.8) is 0 Å². The number of ether oxygens (including phenoxy) is 1. The second-order valence-electron chi connectivity index (χ2n) is 6.67. The molecule has 2 aromatic carbocycles. The van der Waals surface area contributed by atoms with Crippen LogP contribution < -0.4 is 4.74 Å². The third kappa shape index (κ3) is 3.88. The van der Waals surface area contributed by atoms with Crippen LogP contribution in [0.25, 0.3) is 16.3 Å². The van der Waals surface area contributed by atoms with Gasteiger partial charge >= 0.3 is 0 Å². The maximum absolute atomic E-state index is 12.9. The monoisotopic (exact) mass is 378 g/mol. The smallest absolute Gasteiger partial charge is 0.247 e. The summed E-state index contributed by atoms with van der Waals surface area (Å²) in [6, 6.07) is 15.9. The first kappa shape index (κ1) is 17.7. The average Bonchev–Trinajstić information content (AvgIpc) is 3.16. The van der Waals surface area contributed by atoms with Crippen LogP contribution in [0.5, 0.6) is 5.75 Å². The molecule has 0 bridgehead atoms. The highest BCUT2D eigenvalue weighted by atomic mass is 32.1. The third-order valence-corrected chi connectivity index (χ3v) is 6.03. The molecule has 0 aliphatic carbocycles. The van der Waals surface area contributed by atoms with E-state index >= 15 is 0 Å². The highest BCUT2D eigenvalue weighted by molar-refractivity contribution is 7.18. The topological polar surface area (TPSA) is 42.4 Å². The molecular weight excluding hydrogens is 356 g/mol. The summed E-state index contributed by atoms with van der Waals surface area (Å²) in [5.41, 5.74) is 1.97. The first-order valence-electron chi connectivity index (χ1n) is 9.23. The van der Waals surface area contributed by atoms with E-state index in [1.54, 1.807) is 24.5 Å². The lowest BCUT2D eigenvalue weighted by Crippen LogP contribution is -2.37. The second kappa shape index (κ2) is 7.92. The normalized spacial score (nSPS) is 17.5. The molecule has 0 N–H and O–H groups in total. The number of hydrogen-bond acceptors (Lipinski definition) is 4. The molecule has 27 heavy (non-hydrogen) atoms. The van der Waals surface area contributed by atoms with Crippen LogP contribution >= 0.6 is 11.3 Å². The van der Waals surface area contributed by atoms with Crippen LogP contribution in [-0.4, -0.2) is 29.4 Å². The molecule has 0 spiro atoms. The van der Waals surface area contributed by atoms with Gasteiger partial charge in [-0.15, -0.1) is 11.3 Å². The Labute approximate surface area is 163 Å². The Morgan fingerprint density at radius 3 is 2.96 bits per heavy atom. The zero-order valence-electron chi connectivity index (χ0n) is 15.3.